The van der Waals surface area contributed by atoms with Crippen molar-refractivity contribution in [3.8, 4) is 0 Å². The van der Waals surface area contributed by atoms with Crippen LogP contribution in [0.4, 0.5) is 23.0 Å². The number of nitrogens with one attached hydrogen (secondary N) is 4. The van der Waals surface area contributed by atoms with Crippen LogP contribution in [0.3, 0.4) is 0 Å². The second-order valence-corrected chi connectivity index (χ2v) is 8.13. The molecule has 0 aliphatic carbocycles. The minimum atomic E-state index is -1.14. The minimum Gasteiger partial charge on any atom is -0.340 e. The van der Waals surface area contributed by atoms with Gasteiger partial charge in [-0.25, -0.2) is 18.9 Å². The molecule has 0 bridgehead atoms. The molecule has 2 aromatic carbocycles. The quantitative estimate of drug-likeness (QED) is 0.474. The molecule has 0 amide bonds. The lowest BCUT2D eigenvalue weighted by molar-refractivity contribution is 0.678. The number of hydrogen-bond donors (Lipinski definition) is 4. The van der Waals surface area contributed by atoms with Crippen LogP contribution < -0.4 is 20.1 Å². The second-order valence-electron chi connectivity index (χ2n) is 5.78. The second kappa shape index (κ2) is 8.05. The van der Waals surface area contributed by atoms with Crippen LogP contribution in [0.2, 0.25) is 0 Å². The van der Waals surface area contributed by atoms with Crippen LogP contribution in [0.5, 0.6) is 0 Å². The maximum absolute atomic E-state index is 11.9. The molecule has 138 valence electrons. The zero-order valence-electron chi connectivity index (χ0n) is 14.5. The van der Waals surface area contributed by atoms with Crippen molar-refractivity contribution in [3.05, 3.63) is 60.4 Å². The standard InChI is InChI=1S/C18H18N6OS2/c1-19-26-15-4-2-3-13(7-15)23-17-9-18(21-11-20-17)24-14-6-5-12-10-22-27(25)16(12)8-14/h2-9,11,19,22H,10H2,1H3,(H2,20,21,23,24). The molecule has 7 nitrogen and oxygen atoms in total. The number of nitrogens with zero attached hydrogens (tertiary/aromatic N) is 2. The van der Waals surface area contributed by atoms with Gasteiger partial charge in [-0.2, -0.15) is 0 Å². The highest BCUT2D eigenvalue weighted by molar-refractivity contribution is 7.97. The van der Waals surface area contributed by atoms with Gasteiger partial charge in [0.25, 0.3) is 0 Å². The molecular weight excluding hydrogens is 380 g/mol. The first kappa shape index (κ1) is 17.9. The van der Waals surface area contributed by atoms with Gasteiger partial charge in [0.05, 0.1) is 4.90 Å². The Morgan fingerprint density at radius 3 is 2.59 bits per heavy atom. The SMILES string of the molecule is CNSc1cccc(Nc2cc(Nc3ccc4c(c3)S(=O)NC4)ncn2)c1. The van der Waals surface area contributed by atoms with E-state index in [0.717, 1.165) is 26.7 Å². The Morgan fingerprint density at radius 1 is 1.04 bits per heavy atom. The number of aromatic nitrogens is 2. The summed E-state index contributed by atoms with van der Waals surface area (Å²) in [7, 11) is 0.743. The van der Waals surface area contributed by atoms with E-state index < -0.39 is 11.0 Å². The fraction of sp³-hybridized carbons (Fsp3) is 0.111. The van der Waals surface area contributed by atoms with Gasteiger partial charge in [0.15, 0.2) is 0 Å². The van der Waals surface area contributed by atoms with Gasteiger partial charge < -0.3 is 10.6 Å². The molecule has 0 saturated carbocycles. The van der Waals surface area contributed by atoms with Gasteiger partial charge in [-0.15, -0.1) is 0 Å². The molecular formula is C18H18N6OS2. The highest BCUT2D eigenvalue weighted by atomic mass is 32.2. The van der Waals surface area contributed by atoms with Crippen LogP contribution in [0.25, 0.3) is 0 Å². The highest BCUT2D eigenvalue weighted by Gasteiger charge is 2.17. The molecule has 27 heavy (non-hydrogen) atoms. The lowest BCUT2D eigenvalue weighted by Gasteiger charge is -2.10. The lowest BCUT2D eigenvalue weighted by atomic mass is 10.2. The van der Waals surface area contributed by atoms with Crippen LogP contribution in [0.1, 0.15) is 5.56 Å². The molecule has 2 heterocycles. The maximum atomic E-state index is 11.9. The van der Waals surface area contributed by atoms with Crippen molar-refractivity contribution in [2.75, 3.05) is 17.7 Å². The molecule has 0 saturated heterocycles. The summed E-state index contributed by atoms with van der Waals surface area (Å²) in [6, 6.07) is 15.7. The molecule has 9 heteroatoms. The molecule has 1 aliphatic heterocycles. The Balaban J connectivity index is 1.50. The van der Waals surface area contributed by atoms with E-state index in [4.69, 9.17) is 0 Å². The summed E-state index contributed by atoms with van der Waals surface area (Å²) < 4.78 is 17.9. The summed E-state index contributed by atoms with van der Waals surface area (Å²) in [4.78, 5) is 10.5. The van der Waals surface area contributed by atoms with E-state index in [0.29, 0.717) is 18.2 Å². The summed E-state index contributed by atoms with van der Waals surface area (Å²) in [5.41, 5.74) is 2.84. The van der Waals surface area contributed by atoms with Crippen LogP contribution in [0, 0.1) is 0 Å². The third-order valence-corrected chi connectivity index (χ3v) is 5.81. The number of rotatable bonds is 6. The summed E-state index contributed by atoms with van der Waals surface area (Å²) in [6.07, 6.45) is 1.50. The number of anilines is 4. The Bertz CT molecular complexity index is 997. The molecule has 0 spiro atoms. The summed E-state index contributed by atoms with van der Waals surface area (Å²) in [5, 5.41) is 6.53. The first-order valence-corrected chi connectivity index (χ1v) is 10.3. The summed E-state index contributed by atoms with van der Waals surface area (Å²) in [6.45, 7) is 0.634. The molecule has 1 unspecified atom stereocenters. The first-order valence-electron chi connectivity index (χ1n) is 8.29. The van der Waals surface area contributed by atoms with Gasteiger partial charge in [0.2, 0.25) is 0 Å². The fourth-order valence-corrected chi connectivity index (χ4v) is 4.34. The number of fused-ring (bicyclic) bond motifs is 1. The van der Waals surface area contributed by atoms with Gasteiger partial charge >= 0.3 is 0 Å². The molecule has 0 radical (unpaired) electrons. The summed E-state index contributed by atoms with van der Waals surface area (Å²) in [5.74, 6) is 1.34. The van der Waals surface area contributed by atoms with E-state index in [1.54, 1.807) is 11.9 Å². The van der Waals surface area contributed by atoms with E-state index in [1.165, 1.54) is 6.33 Å². The van der Waals surface area contributed by atoms with Gasteiger partial charge in [-0.3, -0.25) is 4.72 Å². The van der Waals surface area contributed by atoms with Crippen molar-refractivity contribution in [1.82, 2.24) is 19.4 Å². The maximum Gasteiger partial charge on any atom is 0.135 e. The fourth-order valence-electron chi connectivity index (χ4n) is 2.72. The topological polar surface area (TPSA) is 91.0 Å². The molecule has 1 atom stereocenters. The molecule has 1 aromatic heterocycles. The van der Waals surface area contributed by atoms with Crippen molar-refractivity contribution in [3.63, 3.8) is 0 Å². The predicted molar refractivity (Wildman–Crippen MR) is 110 cm³/mol. The van der Waals surface area contributed by atoms with Crippen molar-refractivity contribution in [2.45, 2.75) is 16.3 Å². The molecule has 3 aromatic rings. The zero-order valence-corrected chi connectivity index (χ0v) is 16.2. The largest absolute Gasteiger partial charge is 0.340 e. The van der Waals surface area contributed by atoms with Gasteiger partial charge in [-0.1, -0.05) is 12.1 Å². The molecule has 4 rings (SSSR count). The van der Waals surface area contributed by atoms with E-state index in [2.05, 4.69) is 30.0 Å². The summed E-state index contributed by atoms with van der Waals surface area (Å²) >= 11 is 1.55. The average molecular weight is 399 g/mol. The third kappa shape index (κ3) is 4.28. The van der Waals surface area contributed by atoms with Crippen LogP contribution >= 0.6 is 11.9 Å². The monoisotopic (exact) mass is 398 g/mol. The Morgan fingerprint density at radius 2 is 1.81 bits per heavy atom. The van der Waals surface area contributed by atoms with E-state index in [1.807, 2.05) is 55.6 Å². The van der Waals surface area contributed by atoms with Crippen molar-refractivity contribution in [2.24, 2.45) is 0 Å². The molecule has 4 N–H and O–H groups in total. The van der Waals surface area contributed by atoms with Crippen LogP contribution in [-0.4, -0.2) is 21.2 Å². The zero-order chi connectivity index (χ0) is 18.6. The van der Waals surface area contributed by atoms with Crippen LogP contribution in [0.15, 0.2) is 64.6 Å². The first-order chi connectivity index (χ1) is 13.2. The smallest absolute Gasteiger partial charge is 0.135 e. The highest BCUT2D eigenvalue weighted by Crippen LogP contribution is 2.26. The number of benzene rings is 2. The molecule has 1 aliphatic rings. The van der Waals surface area contributed by atoms with E-state index in [9.17, 15) is 4.21 Å². The third-order valence-electron chi connectivity index (χ3n) is 3.93. The van der Waals surface area contributed by atoms with Crippen LogP contribution in [-0.2, 0) is 17.5 Å². The van der Waals surface area contributed by atoms with E-state index in [-0.39, 0.29) is 0 Å². The van der Waals surface area contributed by atoms with E-state index >= 15 is 0 Å². The minimum absolute atomic E-state index is 0.634. The van der Waals surface area contributed by atoms with Gasteiger partial charge in [0.1, 0.15) is 28.9 Å². The lowest BCUT2D eigenvalue weighted by Crippen LogP contribution is -2.05. The molecule has 0 fully saturated rings. The normalized spacial score (nSPS) is 15.4. The van der Waals surface area contributed by atoms with Gasteiger partial charge in [-0.05, 0) is 54.9 Å². The van der Waals surface area contributed by atoms with Crippen molar-refractivity contribution >= 4 is 45.9 Å². The van der Waals surface area contributed by atoms with Gasteiger partial charge in [0, 0.05) is 28.9 Å². The van der Waals surface area contributed by atoms with Crippen molar-refractivity contribution in [1.29, 1.82) is 0 Å². The predicted octanol–water partition coefficient (Wildman–Crippen LogP) is 3.32. The van der Waals surface area contributed by atoms with Crippen molar-refractivity contribution < 1.29 is 4.21 Å². The Labute approximate surface area is 164 Å². The average Bonchev–Trinajstić information content (AvgIpc) is 3.03. The number of hydrogen-bond acceptors (Lipinski definition) is 7. The Hall–Kier alpha value is -2.46. The Kier molecular flexibility index (Phi) is 5.35.